The van der Waals surface area contributed by atoms with Gasteiger partial charge in [0.1, 0.15) is 0 Å². The molecule has 0 bridgehead atoms. The molecule has 0 amide bonds. The Bertz CT molecular complexity index is 152. The molecule has 1 atom stereocenters. The molecule has 2 nitrogen and oxygen atoms in total. The van der Waals surface area contributed by atoms with E-state index in [1.165, 1.54) is 0 Å². The zero-order chi connectivity index (χ0) is 8.85. The lowest BCUT2D eigenvalue weighted by atomic mass is 10.2. The molecule has 0 aliphatic carbocycles. The van der Waals surface area contributed by atoms with Gasteiger partial charge in [-0.1, -0.05) is 13.5 Å². The molecule has 0 aromatic heterocycles. The summed E-state index contributed by atoms with van der Waals surface area (Å²) in [6, 6.07) is 0. The molecule has 0 rings (SSSR count). The lowest BCUT2D eigenvalue weighted by Gasteiger charge is -2.06. The zero-order valence-corrected chi connectivity index (χ0v) is 7.86. The molecule has 0 N–H and O–H groups in total. The summed E-state index contributed by atoms with van der Waals surface area (Å²) in [5.74, 6) is -0.312. The summed E-state index contributed by atoms with van der Waals surface area (Å²) in [6.45, 7) is 7.67. The number of ether oxygens (including phenoxy) is 1. The van der Waals surface area contributed by atoms with Gasteiger partial charge in [0, 0.05) is 10.8 Å². The normalized spacial score (nSPS) is 12.3. The Morgan fingerprint density at radius 1 is 1.73 bits per heavy atom. The van der Waals surface area contributed by atoms with Gasteiger partial charge in [0.15, 0.2) is 0 Å². The van der Waals surface area contributed by atoms with Crippen molar-refractivity contribution in [3.8, 4) is 0 Å². The van der Waals surface area contributed by atoms with Crippen LogP contribution >= 0.6 is 12.6 Å². The summed E-state index contributed by atoms with van der Waals surface area (Å²) >= 11 is 4.13. The van der Waals surface area contributed by atoms with Crippen LogP contribution in [0.5, 0.6) is 0 Å². The third kappa shape index (κ3) is 4.90. The summed E-state index contributed by atoms with van der Waals surface area (Å²) < 4.78 is 4.73. The van der Waals surface area contributed by atoms with E-state index in [2.05, 4.69) is 19.2 Å². The molecule has 1 unspecified atom stereocenters. The zero-order valence-electron chi connectivity index (χ0n) is 6.96. The number of hydrogen-bond acceptors (Lipinski definition) is 3. The molecule has 0 aliphatic heterocycles. The summed E-state index contributed by atoms with van der Waals surface area (Å²) in [5.41, 5.74) is 0.495. The molecule has 0 aromatic carbocycles. The monoisotopic (exact) mass is 174 g/mol. The Labute approximate surface area is 73.0 Å². The van der Waals surface area contributed by atoms with Gasteiger partial charge in [-0.3, -0.25) is 0 Å². The summed E-state index contributed by atoms with van der Waals surface area (Å²) in [7, 11) is 0. The van der Waals surface area contributed by atoms with Crippen LogP contribution in [0.2, 0.25) is 0 Å². The fourth-order valence-corrected chi connectivity index (χ4v) is 0.893. The van der Waals surface area contributed by atoms with Crippen LogP contribution in [0.1, 0.15) is 20.3 Å². The minimum absolute atomic E-state index is 0.159. The van der Waals surface area contributed by atoms with E-state index >= 15 is 0 Å². The van der Waals surface area contributed by atoms with Crippen molar-refractivity contribution < 1.29 is 9.53 Å². The summed E-state index contributed by atoms with van der Waals surface area (Å²) in [5, 5.41) is 0.159. The number of carbonyl (C=O) groups is 1. The van der Waals surface area contributed by atoms with Gasteiger partial charge in [0.05, 0.1) is 6.61 Å². The number of esters is 1. The van der Waals surface area contributed by atoms with Crippen molar-refractivity contribution in [2.75, 3.05) is 6.61 Å². The molecular weight excluding hydrogens is 160 g/mol. The van der Waals surface area contributed by atoms with Crippen molar-refractivity contribution in [1.82, 2.24) is 0 Å². The van der Waals surface area contributed by atoms with E-state index in [4.69, 9.17) is 4.74 Å². The second-order valence-electron chi connectivity index (χ2n) is 2.38. The average Bonchev–Trinajstić information content (AvgIpc) is 1.86. The average molecular weight is 174 g/mol. The van der Waals surface area contributed by atoms with Crippen LogP contribution in [0, 0.1) is 0 Å². The van der Waals surface area contributed by atoms with Gasteiger partial charge >= 0.3 is 5.97 Å². The molecule has 0 spiro atoms. The van der Waals surface area contributed by atoms with E-state index < -0.39 is 0 Å². The predicted molar refractivity (Wildman–Crippen MR) is 48.8 cm³/mol. The van der Waals surface area contributed by atoms with Crippen LogP contribution in [-0.4, -0.2) is 17.8 Å². The van der Waals surface area contributed by atoms with Crippen molar-refractivity contribution in [3.05, 3.63) is 12.2 Å². The van der Waals surface area contributed by atoms with Gasteiger partial charge in [-0.05, 0) is 13.3 Å². The topological polar surface area (TPSA) is 26.3 Å². The lowest BCUT2D eigenvalue weighted by molar-refractivity contribution is -0.138. The van der Waals surface area contributed by atoms with Gasteiger partial charge < -0.3 is 4.74 Å². The third-order valence-electron chi connectivity index (χ3n) is 1.11. The highest BCUT2D eigenvalue weighted by Crippen LogP contribution is 2.09. The van der Waals surface area contributed by atoms with Gasteiger partial charge in [0.2, 0.25) is 0 Å². The predicted octanol–water partition coefficient (Wildman–Crippen LogP) is 1.81. The Morgan fingerprint density at radius 3 is 2.64 bits per heavy atom. The second-order valence-corrected chi connectivity index (χ2v) is 3.26. The van der Waals surface area contributed by atoms with Crippen LogP contribution in [0.15, 0.2) is 12.2 Å². The largest absolute Gasteiger partial charge is 0.463 e. The molecule has 3 heteroatoms. The maximum atomic E-state index is 10.9. The molecule has 0 fully saturated rings. The van der Waals surface area contributed by atoms with Crippen molar-refractivity contribution >= 4 is 18.6 Å². The Balaban J connectivity index is 3.74. The molecule has 0 aliphatic rings. The molecule has 0 saturated heterocycles. The first kappa shape index (κ1) is 10.6. The first-order valence-electron chi connectivity index (χ1n) is 3.60. The van der Waals surface area contributed by atoms with Crippen LogP contribution in [0.3, 0.4) is 0 Å². The molecule has 64 valence electrons. The SMILES string of the molecule is C=C(CC(C)S)C(=O)OCC. The Hall–Kier alpha value is -0.440. The van der Waals surface area contributed by atoms with Crippen LogP contribution in [0.25, 0.3) is 0 Å². The molecule has 0 heterocycles. The van der Waals surface area contributed by atoms with Crippen LogP contribution in [-0.2, 0) is 9.53 Å². The van der Waals surface area contributed by atoms with Crippen molar-refractivity contribution in [1.29, 1.82) is 0 Å². The standard InChI is InChI=1S/C8H14O2S/c1-4-10-8(9)6(2)5-7(3)11/h7,11H,2,4-5H2,1,3H3. The minimum Gasteiger partial charge on any atom is -0.463 e. The quantitative estimate of drug-likeness (QED) is 0.400. The maximum Gasteiger partial charge on any atom is 0.333 e. The Morgan fingerprint density at radius 2 is 2.27 bits per heavy atom. The molecule has 11 heavy (non-hydrogen) atoms. The van der Waals surface area contributed by atoms with E-state index in [1.807, 2.05) is 6.92 Å². The van der Waals surface area contributed by atoms with Crippen LogP contribution < -0.4 is 0 Å². The number of thiol groups is 1. The van der Waals surface area contributed by atoms with Crippen molar-refractivity contribution in [3.63, 3.8) is 0 Å². The van der Waals surface area contributed by atoms with Crippen LogP contribution in [0.4, 0.5) is 0 Å². The van der Waals surface area contributed by atoms with Crippen molar-refractivity contribution in [2.45, 2.75) is 25.5 Å². The Kier molecular flexibility index (Phi) is 5.03. The first-order chi connectivity index (χ1) is 5.07. The number of rotatable bonds is 4. The summed E-state index contributed by atoms with van der Waals surface area (Å²) in [4.78, 5) is 10.9. The van der Waals surface area contributed by atoms with E-state index in [1.54, 1.807) is 6.92 Å². The number of carbonyl (C=O) groups excluding carboxylic acids is 1. The second kappa shape index (κ2) is 5.24. The van der Waals surface area contributed by atoms with E-state index in [0.29, 0.717) is 18.6 Å². The van der Waals surface area contributed by atoms with E-state index in [-0.39, 0.29) is 11.2 Å². The number of hydrogen-bond donors (Lipinski definition) is 1. The highest BCUT2D eigenvalue weighted by Gasteiger charge is 2.08. The minimum atomic E-state index is -0.312. The lowest BCUT2D eigenvalue weighted by Crippen LogP contribution is -2.09. The molecule has 0 radical (unpaired) electrons. The molecular formula is C8H14O2S. The van der Waals surface area contributed by atoms with Gasteiger partial charge in [-0.2, -0.15) is 12.6 Å². The van der Waals surface area contributed by atoms with E-state index in [9.17, 15) is 4.79 Å². The fourth-order valence-electron chi connectivity index (χ4n) is 0.673. The molecule has 0 aromatic rings. The first-order valence-corrected chi connectivity index (χ1v) is 4.12. The fraction of sp³-hybridized carbons (Fsp3) is 0.625. The van der Waals surface area contributed by atoms with Gasteiger partial charge in [-0.15, -0.1) is 0 Å². The third-order valence-corrected chi connectivity index (χ3v) is 1.29. The highest BCUT2D eigenvalue weighted by atomic mass is 32.1. The summed E-state index contributed by atoms with van der Waals surface area (Å²) in [6.07, 6.45) is 0.585. The molecule has 0 saturated carbocycles. The van der Waals surface area contributed by atoms with Gasteiger partial charge in [0.25, 0.3) is 0 Å². The van der Waals surface area contributed by atoms with Gasteiger partial charge in [-0.25, -0.2) is 4.79 Å². The smallest absolute Gasteiger partial charge is 0.333 e. The maximum absolute atomic E-state index is 10.9. The van der Waals surface area contributed by atoms with Crippen molar-refractivity contribution in [2.24, 2.45) is 0 Å². The van der Waals surface area contributed by atoms with E-state index in [0.717, 1.165) is 0 Å². The highest BCUT2D eigenvalue weighted by molar-refractivity contribution is 7.80.